The molecule has 1 fully saturated rings. The standard InChI is InChI=1S/C16H30BN2O4P/c1-11(2)19(12(3)4)24(21-8-6-7-18)23-15-10-16(17)22-14(15)9-13(5)20/h11-16,20H,6,8-10H2,1-5H3/t13-,14-,15+,16-,24?/m1/s1. The maximum atomic E-state index is 9.66. The molecule has 1 rings (SSSR count). The number of hydrogen-bond donors (Lipinski definition) is 1. The number of aliphatic hydroxyl groups excluding tert-OH is 1. The second-order valence-electron chi connectivity index (χ2n) is 6.72. The zero-order valence-electron chi connectivity index (χ0n) is 15.4. The number of nitriles is 1. The van der Waals surface area contributed by atoms with Crippen LogP contribution in [-0.4, -0.2) is 60.6 Å². The van der Waals surface area contributed by atoms with E-state index < -0.39 is 14.6 Å². The van der Waals surface area contributed by atoms with Crippen LogP contribution < -0.4 is 0 Å². The number of rotatable bonds is 10. The highest BCUT2D eigenvalue weighted by molar-refractivity contribution is 7.44. The lowest BCUT2D eigenvalue weighted by Crippen LogP contribution is -2.36. The normalized spacial score (nSPS) is 26.9. The Hall–Kier alpha value is -0.215. The van der Waals surface area contributed by atoms with E-state index in [4.69, 9.17) is 26.9 Å². The molecule has 24 heavy (non-hydrogen) atoms. The molecule has 0 saturated carbocycles. The van der Waals surface area contributed by atoms with Crippen molar-refractivity contribution < 1.29 is 18.9 Å². The van der Waals surface area contributed by atoms with E-state index in [0.29, 0.717) is 25.9 Å². The molecule has 0 spiro atoms. The van der Waals surface area contributed by atoms with Gasteiger partial charge in [0, 0.05) is 24.5 Å². The number of nitrogens with zero attached hydrogens (tertiary/aromatic N) is 2. The van der Waals surface area contributed by atoms with Crippen LogP contribution in [0.4, 0.5) is 0 Å². The Kier molecular flexibility index (Phi) is 9.73. The average molecular weight is 356 g/mol. The summed E-state index contributed by atoms with van der Waals surface area (Å²) < 4.78 is 20.0. The summed E-state index contributed by atoms with van der Waals surface area (Å²) in [6.45, 7) is 10.4. The molecule has 8 heteroatoms. The van der Waals surface area contributed by atoms with Gasteiger partial charge < -0.3 is 18.9 Å². The fourth-order valence-corrected chi connectivity index (χ4v) is 4.57. The summed E-state index contributed by atoms with van der Waals surface area (Å²) in [7, 11) is 4.58. The lowest BCUT2D eigenvalue weighted by atomic mass is 9.95. The summed E-state index contributed by atoms with van der Waals surface area (Å²) in [4.78, 5) is 0. The Morgan fingerprint density at radius 1 is 1.33 bits per heavy atom. The van der Waals surface area contributed by atoms with Crippen molar-refractivity contribution in [2.24, 2.45) is 0 Å². The average Bonchev–Trinajstić information content (AvgIpc) is 2.77. The Morgan fingerprint density at radius 3 is 2.46 bits per heavy atom. The lowest BCUT2D eigenvalue weighted by molar-refractivity contribution is 0.00349. The highest BCUT2D eigenvalue weighted by Gasteiger charge is 2.38. The van der Waals surface area contributed by atoms with Gasteiger partial charge in [-0.1, -0.05) is 0 Å². The van der Waals surface area contributed by atoms with Crippen LogP contribution in [0.2, 0.25) is 0 Å². The number of ether oxygens (including phenoxy) is 1. The highest BCUT2D eigenvalue weighted by Crippen LogP contribution is 2.49. The first-order chi connectivity index (χ1) is 11.3. The number of aliphatic hydroxyl groups is 1. The molecule has 1 aliphatic rings. The monoisotopic (exact) mass is 356 g/mol. The molecule has 2 radical (unpaired) electrons. The molecular formula is C16H30BN2O4P. The van der Waals surface area contributed by atoms with E-state index in [0.717, 1.165) is 0 Å². The van der Waals surface area contributed by atoms with Gasteiger partial charge in [-0.25, -0.2) is 4.67 Å². The molecule has 0 aliphatic carbocycles. The molecule has 5 atom stereocenters. The smallest absolute Gasteiger partial charge is 0.259 e. The summed E-state index contributed by atoms with van der Waals surface area (Å²) in [5, 5.41) is 18.4. The predicted molar refractivity (Wildman–Crippen MR) is 95.4 cm³/mol. The molecule has 0 aromatic rings. The van der Waals surface area contributed by atoms with Crippen LogP contribution >= 0.6 is 8.53 Å². The van der Waals surface area contributed by atoms with Gasteiger partial charge in [0.1, 0.15) is 7.85 Å². The Bertz CT molecular complexity index is 398. The van der Waals surface area contributed by atoms with E-state index in [1.54, 1.807) is 6.92 Å². The summed E-state index contributed by atoms with van der Waals surface area (Å²) >= 11 is 0. The first kappa shape index (κ1) is 21.8. The molecule has 136 valence electrons. The molecule has 0 aromatic heterocycles. The molecule has 1 unspecified atom stereocenters. The van der Waals surface area contributed by atoms with E-state index in [9.17, 15) is 5.11 Å². The van der Waals surface area contributed by atoms with Crippen molar-refractivity contribution in [1.29, 1.82) is 5.26 Å². The third kappa shape index (κ3) is 6.96. The minimum Gasteiger partial charge on any atom is -0.393 e. The first-order valence-corrected chi connectivity index (χ1v) is 9.73. The molecule has 1 heterocycles. The minimum absolute atomic E-state index is 0.220. The third-order valence-electron chi connectivity index (χ3n) is 3.69. The van der Waals surface area contributed by atoms with Gasteiger partial charge in [-0.3, -0.25) is 0 Å². The molecule has 1 N–H and O–H groups in total. The molecule has 0 bridgehead atoms. The molecule has 6 nitrogen and oxygen atoms in total. The van der Waals surface area contributed by atoms with Crippen molar-refractivity contribution in [3.05, 3.63) is 0 Å². The summed E-state index contributed by atoms with van der Waals surface area (Å²) in [5.41, 5.74) is 0. The number of hydrogen-bond acceptors (Lipinski definition) is 6. The summed E-state index contributed by atoms with van der Waals surface area (Å²) in [6, 6.07) is 2.18. The summed E-state index contributed by atoms with van der Waals surface area (Å²) in [6.07, 6.45) is 0.423. The van der Waals surface area contributed by atoms with Gasteiger partial charge in [0.05, 0.1) is 37.4 Å². The molecule has 0 amide bonds. The van der Waals surface area contributed by atoms with Gasteiger partial charge in [-0.15, -0.1) is 0 Å². The van der Waals surface area contributed by atoms with E-state index in [2.05, 4.69) is 38.4 Å². The fraction of sp³-hybridized carbons (Fsp3) is 0.938. The van der Waals surface area contributed by atoms with Gasteiger partial charge in [-0.05, 0) is 41.0 Å². The second kappa shape index (κ2) is 10.7. The van der Waals surface area contributed by atoms with Crippen molar-refractivity contribution in [3.63, 3.8) is 0 Å². The first-order valence-electron chi connectivity index (χ1n) is 8.60. The van der Waals surface area contributed by atoms with Crippen molar-refractivity contribution in [3.8, 4) is 6.07 Å². The molecular weight excluding hydrogens is 326 g/mol. The molecule has 1 aliphatic heterocycles. The molecule has 0 aromatic carbocycles. The zero-order valence-corrected chi connectivity index (χ0v) is 16.3. The van der Waals surface area contributed by atoms with E-state index in [1.165, 1.54) is 0 Å². The van der Waals surface area contributed by atoms with E-state index in [1.807, 2.05) is 0 Å². The van der Waals surface area contributed by atoms with Crippen molar-refractivity contribution in [2.75, 3.05) is 6.61 Å². The second-order valence-corrected chi connectivity index (χ2v) is 8.13. The largest absolute Gasteiger partial charge is 0.393 e. The van der Waals surface area contributed by atoms with Crippen molar-refractivity contribution in [1.82, 2.24) is 4.67 Å². The topological polar surface area (TPSA) is 75.0 Å². The maximum Gasteiger partial charge on any atom is 0.259 e. The minimum atomic E-state index is -1.33. The zero-order chi connectivity index (χ0) is 18.3. The van der Waals surface area contributed by atoms with Crippen LogP contribution in [0.5, 0.6) is 0 Å². The van der Waals surface area contributed by atoms with E-state index in [-0.39, 0.29) is 30.3 Å². The van der Waals surface area contributed by atoms with Crippen LogP contribution in [0.15, 0.2) is 0 Å². The summed E-state index contributed by atoms with van der Waals surface area (Å²) in [5.74, 6) is 0. The fourth-order valence-electron chi connectivity index (χ4n) is 2.81. The van der Waals surface area contributed by atoms with Crippen LogP contribution in [0.25, 0.3) is 0 Å². The van der Waals surface area contributed by atoms with Crippen LogP contribution in [0, 0.1) is 11.3 Å². The Balaban J connectivity index is 2.83. The third-order valence-corrected chi connectivity index (χ3v) is 5.85. The Labute approximate surface area is 148 Å². The quantitative estimate of drug-likeness (QED) is 0.369. The van der Waals surface area contributed by atoms with Gasteiger partial charge in [-0.2, -0.15) is 5.26 Å². The lowest BCUT2D eigenvalue weighted by Gasteiger charge is -2.37. The Morgan fingerprint density at radius 2 is 1.96 bits per heavy atom. The highest BCUT2D eigenvalue weighted by atomic mass is 31.2. The van der Waals surface area contributed by atoms with Gasteiger partial charge in [0.15, 0.2) is 0 Å². The van der Waals surface area contributed by atoms with Crippen molar-refractivity contribution >= 4 is 16.4 Å². The van der Waals surface area contributed by atoms with Gasteiger partial charge in [0.2, 0.25) is 0 Å². The van der Waals surface area contributed by atoms with Crippen molar-refractivity contribution in [2.45, 2.75) is 90.3 Å². The SMILES string of the molecule is [B][C@H]1C[C@H](OP(OCCC#N)N(C(C)C)C(C)C)[C@@H](C[C@@H](C)O)O1. The van der Waals surface area contributed by atoms with Gasteiger partial charge >= 0.3 is 0 Å². The maximum absolute atomic E-state index is 9.66. The van der Waals surface area contributed by atoms with Crippen LogP contribution in [0.3, 0.4) is 0 Å². The molecule has 1 saturated heterocycles. The van der Waals surface area contributed by atoms with E-state index >= 15 is 0 Å². The van der Waals surface area contributed by atoms with Gasteiger partial charge in [0.25, 0.3) is 8.53 Å². The van der Waals surface area contributed by atoms with Crippen LogP contribution in [0.1, 0.15) is 53.9 Å². The predicted octanol–water partition coefficient (Wildman–Crippen LogP) is 2.70. The van der Waals surface area contributed by atoms with Crippen LogP contribution in [-0.2, 0) is 13.8 Å².